The number of piperidine rings is 1. The Labute approximate surface area is 185 Å². The van der Waals surface area contributed by atoms with Crippen molar-refractivity contribution in [2.24, 2.45) is 11.8 Å². The van der Waals surface area contributed by atoms with Crippen molar-refractivity contribution in [3.63, 3.8) is 0 Å². The summed E-state index contributed by atoms with van der Waals surface area (Å²) in [5, 5.41) is 3.41. The van der Waals surface area contributed by atoms with Gasteiger partial charge in [0.15, 0.2) is 0 Å². The Morgan fingerprint density at radius 2 is 1.90 bits per heavy atom. The van der Waals surface area contributed by atoms with Crippen molar-refractivity contribution in [2.45, 2.75) is 32.7 Å². The number of carbonyl (C=O) groups is 1. The quantitative estimate of drug-likeness (QED) is 0.774. The van der Waals surface area contributed by atoms with Crippen LogP contribution in [0.4, 0.5) is 0 Å². The van der Waals surface area contributed by atoms with Gasteiger partial charge in [-0.15, -0.1) is 24.8 Å². The fourth-order valence-electron chi connectivity index (χ4n) is 4.43. The lowest BCUT2D eigenvalue weighted by Crippen LogP contribution is -2.48. The molecule has 29 heavy (non-hydrogen) atoms. The third kappa shape index (κ3) is 6.07. The Bertz CT molecular complexity index is 736. The number of imidazole rings is 1. The molecule has 1 amide bonds. The molecule has 2 aliphatic heterocycles. The molecule has 4 heterocycles. The number of aromatic nitrogens is 2. The van der Waals surface area contributed by atoms with Crippen LogP contribution in [0, 0.1) is 11.8 Å². The van der Waals surface area contributed by atoms with E-state index in [-0.39, 0.29) is 24.8 Å². The molecular formula is C21H33Cl2N5O. The maximum Gasteiger partial charge on any atom is 0.222 e. The zero-order valence-electron chi connectivity index (χ0n) is 17.1. The van der Waals surface area contributed by atoms with Crippen molar-refractivity contribution in [3.8, 4) is 0 Å². The fourth-order valence-corrected chi connectivity index (χ4v) is 4.43. The van der Waals surface area contributed by atoms with Crippen molar-refractivity contribution in [2.75, 3.05) is 39.3 Å². The van der Waals surface area contributed by atoms with Crippen LogP contribution in [0.25, 0.3) is 5.65 Å². The van der Waals surface area contributed by atoms with E-state index in [1.807, 2.05) is 24.4 Å². The molecule has 0 aliphatic carbocycles. The van der Waals surface area contributed by atoms with E-state index >= 15 is 0 Å². The molecule has 8 heteroatoms. The number of amides is 1. The standard InChI is InChI=1S/C21H31N5O.2ClH/c1-17(18-5-7-22-8-6-18)14-21(27)25-12-10-24(11-13-25)15-19-16-26-9-3-2-4-20(26)23-19;;/h2-4,9,16-18,22H,5-8,10-15H2,1H3;2*1H. The maximum absolute atomic E-state index is 12.7. The Morgan fingerprint density at radius 1 is 1.17 bits per heavy atom. The predicted octanol–water partition coefficient (Wildman–Crippen LogP) is 2.85. The van der Waals surface area contributed by atoms with Crippen LogP contribution >= 0.6 is 24.8 Å². The second kappa shape index (κ2) is 11.2. The molecule has 2 fully saturated rings. The summed E-state index contributed by atoms with van der Waals surface area (Å²) in [6.45, 7) is 8.86. The van der Waals surface area contributed by atoms with Crippen molar-refractivity contribution >= 4 is 36.4 Å². The number of pyridine rings is 1. The van der Waals surface area contributed by atoms with Gasteiger partial charge in [0.25, 0.3) is 0 Å². The number of fused-ring (bicyclic) bond motifs is 1. The summed E-state index contributed by atoms with van der Waals surface area (Å²) >= 11 is 0. The summed E-state index contributed by atoms with van der Waals surface area (Å²) in [6, 6.07) is 6.07. The lowest BCUT2D eigenvalue weighted by Gasteiger charge is -2.36. The van der Waals surface area contributed by atoms with Crippen LogP contribution in [0.15, 0.2) is 30.6 Å². The second-order valence-corrected chi connectivity index (χ2v) is 8.12. The number of hydrogen-bond donors (Lipinski definition) is 1. The number of nitrogens with zero attached hydrogens (tertiary/aromatic N) is 4. The van der Waals surface area contributed by atoms with E-state index in [9.17, 15) is 4.79 Å². The van der Waals surface area contributed by atoms with E-state index in [1.165, 1.54) is 12.8 Å². The van der Waals surface area contributed by atoms with Gasteiger partial charge in [0.1, 0.15) is 5.65 Å². The number of rotatable bonds is 5. The molecular weight excluding hydrogens is 409 g/mol. The van der Waals surface area contributed by atoms with E-state index in [2.05, 4.69) is 37.6 Å². The highest BCUT2D eigenvalue weighted by Crippen LogP contribution is 2.25. The molecule has 0 radical (unpaired) electrons. The molecule has 1 unspecified atom stereocenters. The second-order valence-electron chi connectivity index (χ2n) is 8.12. The fraction of sp³-hybridized carbons (Fsp3) is 0.619. The van der Waals surface area contributed by atoms with Gasteiger partial charge in [-0.25, -0.2) is 4.98 Å². The molecule has 2 aromatic heterocycles. The molecule has 4 rings (SSSR count). The summed E-state index contributed by atoms with van der Waals surface area (Å²) in [6.07, 6.45) is 7.26. The molecule has 1 atom stereocenters. The largest absolute Gasteiger partial charge is 0.340 e. The van der Waals surface area contributed by atoms with Crippen molar-refractivity contribution < 1.29 is 4.79 Å². The van der Waals surface area contributed by atoms with E-state index in [0.29, 0.717) is 24.2 Å². The first kappa shape index (κ1) is 23.9. The van der Waals surface area contributed by atoms with E-state index in [4.69, 9.17) is 0 Å². The van der Waals surface area contributed by atoms with Crippen LogP contribution < -0.4 is 5.32 Å². The maximum atomic E-state index is 12.7. The topological polar surface area (TPSA) is 52.9 Å². The lowest BCUT2D eigenvalue weighted by atomic mass is 9.84. The minimum atomic E-state index is 0. The number of nitrogens with one attached hydrogen (secondary N) is 1. The van der Waals surface area contributed by atoms with Crippen LogP contribution in [0.1, 0.15) is 31.9 Å². The summed E-state index contributed by atoms with van der Waals surface area (Å²) in [5.41, 5.74) is 2.09. The summed E-state index contributed by atoms with van der Waals surface area (Å²) in [5.74, 6) is 1.54. The smallest absolute Gasteiger partial charge is 0.222 e. The van der Waals surface area contributed by atoms with Gasteiger partial charge in [-0.1, -0.05) is 13.0 Å². The first-order valence-corrected chi connectivity index (χ1v) is 10.3. The van der Waals surface area contributed by atoms with Gasteiger partial charge in [0, 0.05) is 51.5 Å². The van der Waals surface area contributed by atoms with Crippen LogP contribution in [-0.2, 0) is 11.3 Å². The third-order valence-corrected chi connectivity index (χ3v) is 6.21. The molecule has 0 aromatic carbocycles. The number of carbonyl (C=O) groups excluding carboxylic acids is 1. The van der Waals surface area contributed by atoms with Gasteiger partial charge in [0.2, 0.25) is 5.91 Å². The van der Waals surface area contributed by atoms with Gasteiger partial charge in [-0.05, 0) is 49.9 Å². The minimum absolute atomic E-state index is 0. The van der Waals surface area contributed by atoms with Crippen LogP contribution in [0.3, 0.4) is 0 Å². The average molecular weight is 442 g/mol. The molecule has 0 spiro atoms. The Morgan fingerprint density at radius 3 is 2.59 bits per heavy atom. The minimum Gasteiger partial charge on any atom is -0.340 e. The molecule has 2 aromatic rings. The van der Waals surface area contributed by atoms with E-state index in [0.717, 1.165) is 57.2 Å². The number of piperazine rings is 1. The van der Waals surface area contributed by atoms with Crippen LogP contribution in [0.2, 0.25) is 0 Å². The predicted molar refractivity (Wildman–Crippen MR) is 121 cm³/mol. The first-order valence-electron chi connectivity index (χ1n) is 10.3. The number of halogens is 2. The summed E-state index contributed by atoms with van der Waals surface area (Å²) in [4.78, 5) is 21.9. The van der Waals surface area contributed by atoms with Crippen LogP contribution in [0.5, 0.6) is 0 Å². The Balaban J connectivity index is 0.00000150. The van der Waals surface area contributed by atoms with Gasteiger partial charge >= 0.3 is 0 Å². The number of hydrogen-bond acceptors (Lipinski definition) is 4. The van der Waals surface area contributed by atoms with Crippen molar-refractivity contribution in [1.82, 2.24) is 24.5 Å². The van der Waals surface area contributed by atoms with Crippen molar-refractivity contribution in [3.05, 3.63) is 36.3 Å². The normalized spacial score (nSPS) is 19.4. The van der Waals surface area contributed by atoms with Gasteiger partial charge in [-0.2, -0.15) is 0 Å². The molecule has 1 N–H and O–H groups in total. The monoisotopic (exact) mass is 441 g/mol. The van der Waals surface area contributed by atoms with Crippen LogP contribution in [-0.4, -0.2) is 64.4 Å². The molecule has 0 bridgehead atoms. The van der Waals surface area contributed by atoms with Gasteiger partial charge in [-0.3, -0.25) is 9.69 Å². The third-order valence-electron chi connectivity index (χ3n) is 6.21. The Hall–Kier alpha value is -1.34. The molecule has 162 valence electrons. The van der Waals surface area contributed by atoms with E-state index < -0.39 is 0 Å². The van der Waals surface area contributed by atoms with Crippen molar-refractivity contribution in [1.29, 1.82) is 0 Å². The molecule has 2 aliphatic rings. The molecule has 6 nitrogen and oxygen atoms in total. The highest BCUT2D eigenvalue weighted by molar-refractivity contribution is 5.85. The molecule has 0 saturated carbocycles. The summed E-state index contributed by atoms with van der Waals surface area (Å²) < 4.78 is 2.07. The zero-order chi connectivity index (χ0) is 18.6. The lowest BCUT2D eigenvalue weighted by molar-refractivity contribution is -0.134. The highest BCUT2D eigenvalue weighted by atomic mass is 35.5. The summed E-state index contributed by atoms with van der Waals surface area (Å²) in [7, 11) is 0. The highest BCUT2D eigenvalue weighted by Gasteiger charge is 2.26. The van der Waals surface area contributed by atoms with Gasteiger partial charge in [0.05, 0.1) is 5.69 Å². The van der Waals surface area contributed by atoms with Gasteiger partial charge < -0.3 is 14.6 Å². The average Bonchev–Trinajstić information content (AvgIpc) is 3.11. The first-order chi connectivity index (χ1) is 13.2. The Kier molecular flexibility index (Phi) is 9.21. The zero-order valence-corrected chi connectivity index (χ0v) is 18.8. The van der Waals surface area contributed by atoms with E-state index in [1.54, 1.807) is 0 Å². The molecule has 2 saturated heterocycles. The SMILES string of the molecule is CC(CC(=O)N1CCN(Cc2cn3ccccc3n2)CC1)C1CCNCC1.Cl.Cl.